The van der Waals surface area contributed by atoms with Crippen molar-refractivity contribution in [2.45, 2.75) is 0 Å². The zero-order chi connectivity index (χ0) is 12.6. The summed E-state index contributed by atoms with van der Waals surface area (Å²) in [6, 6.07) is 0. The Bertz CT molecular complexity index is 126. The fraction of sp³-hybridized carbons (Fsp3) is 0. The van der Waals surface area contributed by atoms with Crippen LogP contribution in [-0.2, 0) is 8.94 Å². The third-order valence-electron chi connectivity index (χ3n) is 0. The molecule has 0 aromatic heterocycles. The Morgan fingerprint density at radius 3 is 0.526 bits per heavy atom. The van der Waals surface area contributed by atoms with E-state index in [0.29, 0.717) is 0 Å². The molecular weight excluding hydrogens is 746 g/mol. The van der Waals surface area contributed by atoms with E-state index in [1.54, 1.807) is 0 Å². The van der Waals surface area contributed by atoms with Crippen molar-refractivity contribution in [1.29, 1.82) is 0 Å². The molecule has 0 saturated heterocycles. The van der Waals surface area contributed by atoms with Crippen LogP contribution in [0.15, 0.2) is 0 Å². The maximum absolute atomic E-state index is 8.58. The van der Waals surface area contributed by atoms with Crippen molar-refractivity contribution in [3.05, 3.63) is 0 Å². The normalized spacial score (nSPS) is 3.68. The standard InChI is InChI=1S/2BO3.Mg.4H2O.4O.2U/c2*2-1(3)4;;;;;;;;;;;/h;;;4*1H2;;;;;;/q2*-3;+2;;;;;;;;;2*+2. The van der Waals surface area contributed by atoms with E-state index in [1.165, 1.54) is 0 Å². The predicted molar refractivity (Wildman–Crippen MR) is 34.5 cm³/mol. The van der Waals surface area contributed by atoms with E-state index in [0.717, 1.165) is 0 Å². The Morgan fingerprint density at radius 1 is 0.526 bits per heavy atom. The molecule has 0 aromatic rings. The van der Waals surface area contributed by atoms with Gasteiger partial charge in [-0.25, -0.2) is 0 Å². The molecule has 0 aliphatic rings. The van der Waals surface area contributed by atoms with Gasteiger partial charge in [-0.05, 0) is 0 Å². The van der Waals surface area contributed by atoms with Gasteiger partial charge in [-0.3, -0.25) is 14.6 Å². The van der Waals surface area contributed by atoms with E-state index in [4.69, 9.17) is 39.1 Å². The molecule has 0 amide bonds. The third-order valence-corrected chi connectivity index (χ3v) is 0. The van der Waals surface area contributed by atoms with Crippen LogP contribution in [0.3, 0.4) is 0 Å². The van der Waals surface area contributed by atoms with Crippen LogP contribution in [0.4, 0.5) is 0 Å². The maximum atomic E-state index is 8.58. The van der Waals surface area contributed by atoms with E-state index in [2.05, 4.69) is 0 Å². The molecule has 0 fully saturated rings. The molecule has 8 N–H and O–H groups in total. The van der Waals surface area contributed by atoms with Gasteiger partial charge in [0, 0.05) is 0 Å². The summed E-state index contributed by atoms with van der Waals surface area (Å²) in [4.78, 5) is 0. The van der Waals surface area contributed by atoms with Crippen molar-refractivity contribution in [2.75, 3.05) is 0 Å². The van der Waals surface area contributed by atoms with Gasteiger partial charge in [-0.2, -0.15) is 0 Å². The van der Waals surface area contributed by atoms with E-state index < -0.39 is 70.3 Å². The zero-order valence-corrected chi connectivity index (χ0v) is 18.7. The van der Waals surface area contributed by atoms with Crippen molar-refractivity contribution in [3.63, 3.8) is 0 Å². The van der Waals surface area contributed by atoms with Crippen LogP contribution >= 0.6 is 0 Å². The average molecular weight is 754 g/mol. The fourth-order valence-corrected chi connectivity index (χ4v) is 0. The summed E-state index contributed by atoms with van der Waals surface area (Å²) in [5, 5.41) is 50.5. The second-order valence-electron chi connectivity index (χ2n) is 0.744. The Hall–Kier alpha value is 1.80. The minimum atomic E-state index is -2.92. The molecule has 0 unspecified atom stereocenters. The Labute approximate surface area is 152 Å². The van der Waals surface area contributed by atoms with Gasteiger partial charge in [-0.1, -0.05) is 0 Å². The van der Waals surface area contributed by atoms with Gasteiger partial charge < -0.3 is 52.0 Å². The molecule has 0 bridgehead atoms. The van der Waals surface area contributed by atoms with Crippen molar-refractivity contribution < 1.29 is 117 Å². The van der Waals surface area contributed by atoms with Crippen LogP contribution in [-0.4, -0.2) is 59.6 Å². The molecule has 0 aliphatic carbocycles. The summed E-state index contributed by atoms with van der Waals surface area (Å²) in [6.45, 7) is 0. The first kappa shape index (κ1) is 58.6. The average Bonchev–Trinajstić information content (AvgIpc) is 1.85. The zero-order valence-electron chi connectivity index (χ0n) is 8.94. The van der Waals surface area contributed by atoms with Crippen LogP contribution < -0.4 is 30.1 Å². The second-order valence-corrected chi connectivity index (χ2v) is 2.13. The van der Waals surface area contributed by atoms with E-state index in [1.807, 2.05) is 0 Å². The topological polar surface area (TPSA) is 333 Å². The van der Waals surface area contributed by atoms with Gasteiger partial charge in [0.1, 0.15) is 0 Å². The third kappa shape index (κ3) is 1940. The van der Waals surface area contributed by atoms with E-state index >= 15 is 0 Å². The quantitative estimate of drug-likeness (QED) is 0.210. The van der Waals surface area contributed by atoms with Crippen LogP contribution in [0.25, 0.3) is 0 Å². The summed E-state index contributed by atoms with van der Waals surface area (Å²) in [5.41, 5.74) is 0. The molecule has 0 saturated carbocycles. The molecule has 14 nitrogen and oxygen atoms in total. The van der Waals surface area contributed by atoms with E-state index in [9.17, 15) is 0 Å². The summed E-state index contributed by atoms with van der Waals surface area (Å²) < 4.78 is 34.3. The first-order valence-corrected chi connectivity index (χ1v) is 9.03. The number of rotatable bonds is 0. The van der Waals surface area contributed by atoms with Gasteiger partial charge in [0.05, 0.1) is 0 Å². The Kier molecular flexibility index (Phi) is 225. The van der Waals surface area contributed by atoms with Gasteiger partial charge in [0.25, 0.3) is 0 Å². The Balaban J connectivity index is -0.00000000929. The van der Waals surface area contributed by atoms with Crippen molar-refractivity contribution >= 4 is 37.7 Å². The molecule has 0 heterocycles. The molecule has 0 radical (unpaired) electrons. The summed E-state index contributed by atoms with van der Waals surface area (Å²) in [6.07, 6.45) is 0. The molecular formula is H8B2MgO14U2. The first-order valence-electron chi connectivity index (χ1n) is 2.23. The molecule has 19 heteroatoms. The van der Waals surface area contributed by atoms with Gasteiger partial charge in [-0.15, -0.1) is 0 Å². The van der Waals surface area contributed by atoms with Crippen LogP contribution in [0.1, 0.15) is 0 Å². The van der Waals surface area contributed by atoms with Gasteiger partial charge >= 0.3 is 87.6 Å². The minimum absolute atomic E-state index is 0. The van der Waals surface area contributed by atoms with Crippen LogP contribution in [0.5, 0.6) is 0 Å². The molecule has 0 spiro atoms. The van der Waals surface area contributed by atoms with Gasteiger partial charge in [0.2, 0.25) is 0 Å². The summed E-state index contributed by atoms with van der Waals surface area (Å²) >= 11 is -5.01. The van der Waals surface area contributed by atoms with Crippen molar-refractivity contribution in [1.82, 2.24) is 0 Å². The second kappa shape index (κ2) is 72.9. The molecule has 19 heavy (non-hydrogen) atoms. The molecule has 0 atom stereocenters. The number of hydrogen-bond donors (Lipinski definition) is 0. The summed E-state index contributed by atoms with van der Waals surface area (Å²) in [5.74, 6) is 0. The molecule has 0 aliphatic heterocycles. The van der Waals surface area contributed by atoms with Crippen molar-refractivity contribution in [3.8, 4) is 0 Å². The van der Waals surface area contributed by atoms with Crippen LogP contribution in [0.2, 0.25) is 0 Å². The van der Waals surface area contributed by atoms with Gasteiger partial charge in [0.15, 0.2) is 0 Å². The molecule has 0 aromatic carbocycles. The first-order chi connectivity index (χ1) is 6.29. The molecule has 0 rings (SSSR count). The summed E-state index contributed by atoms with van der Waals surface area (Å²) in [7, 11) is -5.83. The van der Waals surface area contributed by atoms with E-state index in [-0.39, 0.29) is 45.0 Å². The monoisotopic (exact) mass is 754 g/mol. The Morgan fingerprint density at radius 2 is 0.526 bits per heavy atom. The van der Waals surface area contributed by atoms with Crippen LogP contribution in [0, 0.1) is 55.6 Å². The van der Waals surface area contributed by atoms with Crippen molar-refractivity contribution in [2.24, 2.45) is 0 Å². The SMILES string of the molecule is O.O.O.O.[Mg+2].[O-]B([O-])[O-].[O-]B([O-])[O-].[O]=[U+2]=[O].[O]=[U+2]=[O]. The number of hydrogen-bond acceptors (Lipinski definition) is 10. The fourth-order valence-electron chi connectivity index (χ4n) is 0. The predicted octanol–water partition coefficient (Wildman–Crippen LogP) is -12.1. The molecule has 108 valence electrons.